The molecular formula is C25H26F6N2O6. The maximum atomic E-state index is 13.3. The number of hydrogen-bond acceptors (Lipinski definition) is 6. The van der Waals surface area contributed by atoms with Crippen LogP contribution in [0.4, 0.5) is 36.8 Å². The molecule has 1 aliphatic rings. The normalized spacial score (nSPS) is 17.3. The number of halogens is 6. The van der Waals surface area contributed by atoms with Crippen LogP contribution in [-0.4, -0.2) is 38.9 Å². The van der Waals surface area contributed by atoms with E-state index in [4.69, 9.17) is 19.2 Å². The number of methoxy groups -OCH3 is 2. The Labute approximate surface area is 219 Å². The minimum Gasteiger partial charge on any atom is -0.493 e. The van der Waals surface area contributed by atoms with E-state index in [0.717, 1.165) is 0 Å². The largest absolute Gasteiger partial charge is 0.493 e. The molecule has 2 amide bonds. The molecule has 2 unspecified atom stereocenters. The standard InChI is InChI=1S/C25H26F6N2O6/c1-5-38-39-23(35)33-13(2)6-18(17-10-20(36-3)21(37-4)11-19(17)33)22(34)32-12-14-7-15(24(26,27)28)9-16(8-14)25(29,30)31/h7-11,13,18H,5-6,12H2,1-4H3,(H,32,34). The molecule has 1 N–H and O–H groups in total. The van der Waals surface area contributed by atoms with Crippen molar-refractivity contribution in [2.24, 2.45) is 0 Å². The van der Waals surface area contributed by atoms with Gasteiger partial charge in [-0.25, -0.2) is 4.79 Å². The van der Waals surface area contributed by atoms with Gasteiger partial charge in [-0.2, -0.15) is 31.2 Å². The molecule has 0 aromatic heterocycles. The Morgan fingerprint density at radius 2 is 1.51 bits per heavy atom. The number of fused-ring (bicyclic) bond motifs is 1. The van der Waals surface area contributed by atoms with E-state index in [2.05, 4.69) is 5.32 Å². The van der Waals surface area contributed by atoms with Gasteiger partial charge in [0.25, 0.3) is 0 Å². The van der Waals surface area contributed by atoms with Gasteiger partial charge in [0.15, 0.2) is 11.5 Å². The number of alkyl halides is 6. The van der Waals surface area contributed by atoms with Gasteiger partial charge in [0.2, 0.25) is 5.91 Å². The van der Waals surface area contributed by atoms with Gasteiger partial charge in [-0.3, -0.25) is 14.6 Å². The lowest BCUT2D eigenvalue weighted by atomic mass is 9.85. The van der Waals surface area contributed by atoms with Crippen molar-refractivity contribution < 1.29 is 55.2 Å². The fraction of sp³-hybridized carbons (Fsp3) is 0.440. The van der Waals surface area contributed by atoms with Crippen molar-refractivity contribution >= 4 is 17.7 Å². The Hall–Kier alpha value is -3.68. The molecular weight excluding hydrogens is 538 g/mol. The Balaban J connectivity index is 1.96. The van der Waals surface area contributed by atoms with Crippen LogP contribution < -0.4 is 19.7 Å². The summed E-state index contributed by atoms with van der Waals surface area (Å²) in [6.45, 7) is 2.73. The third kappa shape index (κ3) is 6.67. The van der Waals surface area contributed by atoms with Crippen molar-refractivity contribution in [1.29, 1.82) is 0 Å². The highest BCUT2D eigenvalue weighted by Gasteiger charge is 2.40. The smallest absolute Gasteiger partial charge is 0.445 e. The van der Waals surface area contributed by atoms with Gasteiger partial charge in [-0.15, -0.1) is 0 Å². The van der Waals surface area contributed by atoms with Gasteiger partial charge in [-0.05, 0) is 55.7 Å². The topological polar surface area (TPSA) is 86.3 Å². The van der Waals surface area contributed by atoms with Crippen molar-refractivity contribution in [3.8, 4) is 11.5 Å². The second-order valence-electron chi connectivity index (χ2n) is 8.66. The number of nitrogens with zero attached hydrogens (tertiary/aromatic N) is 1. The Morgan fingerprint density at radius 1 is 0.949 bits per heavy atom. The molecule has 0 spiro atoms. The zero-order valence-electron chi connectivity index (χ0n) is 21.3. The number of benzene rings is 2. The van der Waals surface area contributed by atoms with Crippen molar-refractivity contribution in [3.63, 3.8) is 0 Å². The maximum absolute atomic E-state index is 13.3. The summed E-state index contributed by atoms with van der Waals surface area (Å²) in [6, 6.07) is 3.42. The summed E-state index contributed by atoms with van der Waals surface area (Å²) in [4.78, 5) is 36.8. The van der Waals surface area contributed by atoms with Crippen molar-refractivity contribution in [1.82, 2.24) is 5.32 Å². The Bertz CT molecular complexity index is 1180. The van der Waals surface area contributed by atoms with E-state index in [1.54, 1.807) is 13.8 Å². The minimum absolute atomic E-state index is 0.0139. The van der Waals surface area contributed by atoms with Crippen LogP contribution in [0.1, 0.15) is 48.4 Å². The summed E-state index contributed by atoms with van der Waals surface area (Å²) in [7, 11) is 2.73. The van der Waals surface area contributed by atoms with Gasteiger partial charge in [0, 0.05) is 18.7 Å². The van der Waals surface area contributed by atoms with E-state index in [-0.39, 0.29) is 41.8 Å². The lowest BCUT2D eigenvalue weighted by molar-refractivity contribution is -0.232. The van der Waals surface area contributed by atoms with Crippen LogP contribution in [0.2, 0.25) is 0 Å². The lowest BCUT2D eigenvalue weighted by Gasteiger charge is -2.38. The maximum Gasteiger partial charge on any atom is 0.445 e. The van der Waals surface area contributed by atoms with Crippen LogP contribution in [0.3, 0.4) is 0 Å². The minimum atomic E-state index is -5.02. The van der Waals surface area contributed by atoms with Gasteiger partial charge in [-0.1, -0.05) is 0 Å². The molecule has 2 aromatic rings. The van der Waals surface area contributed by atoms with Crippen LogP contribution >= 0.6 is 0 Å². The number of nitrogens with one attached hydrogen (secondary N) is 1. The number of rotatable bonds is 7. The molecule has 39 heavy (non-hydrogen) atoms. The number of amides is 2. The van der Waals surface area contributed by atoms with E-state index in [1.807, 2.05) is 0 Å². The fourth-order valence-electron chi connectivity index (χ4n) is 4.29. The van der Waals surface area contributed by atoms with Crippen molar-refractivity contribution in [2.75, 3.05) is 25.7 Å². The first-order valence-electron chi connectivity index (χ1n) is 11.7. The first kappa shape index (κ1) is 29.9. The summed E-state index contributed by atoms with van der Waals surface area (Å²) in [6.07, 6.45) is -10.9. The second kappa shape index (κ2) is 11.6. The molecule has 3 rings (SSSR count). The first-order valence-corrected chi connectivity index (χ1v) is 11.7. The summed E-state index contributed by atoms with van der Waals surface area (Å²) in [5.74, 6) is -1.16. The predicted molar refractivity (Wildman–Crippen MR) is 125 cm³/mol. The second-order valence-corrected chi connectivity index (χ2v) is 8.66. The molecule has 1 aliphatic heterocycles. The molecule has 1 heterocycles. The molecule has 0 saturated carbocycles. The molecule has 0 aliphatic carbocycles. The number of ether oxygens (including phenoxy) is 2. The van der Waals surface area contributed by atoms with Crippen LogP contribution in [0.15, 0.2) is 30.3 Å². The zero-order chi connectivity index (χ0) is 29.1. The quantitative estimate of drug-likeness (QED) is 0.259. The number of anilines is 1. The number of carbonyl (C=O) groups excluding carboxylic acids is 2. The average Bonchev–Trinajstić information content (AvgIpc) is 2.87. The van der Waals surface area contributed by atoms with Crippen molar-refractivity contribution in [3.05, 3.63) is 52.6 Å². The SMILES string of the molecule is CCOOC(=O)N1c2cc(OC)c(OC)cc2C(C(=O)NCc2cc(C(F)(F)F)cc(C(F)(F)F)c2)CC1C. The molecule has 8 nitrogen and oxygen atoms in total. The third-order valence-corrected chi connectivity index (χ3v) is 6.06. The highest BCUT2D eigenvalue weighted by atomic mass is 19.4. The lowest BCUT2D eigenvalue weighted by Crippen LogP contribution is -2.46. The van der Waals surface area contributed by atoms with Crippen LogP contribution in [0, 0.1) is 0 Å². The Kier molecular flexibility index (Phi) is 8.88. The zero-order valence-corrected chi connectivity index (χ0v) is 21.3. The summed E-state index contributed by atoms with van der Waals surface area (Å²) in [5.41, 5.74) is -2.83. The number of carbonyl (C=O) groups is 2. The van der Waals surface area contributed by atoms with Crippen LogP contribution in [0.25, 0.3) is 0 Å². The predicted octanol–water partition coefficient (Wildman–Crippen LogP) is 5.83. The van der Waals surface area contributed by atoms with Crippen molar-refractivity contribution in [2.45, 2.75) is 51.1 Å². The van der Waals surface area contributed by atoms with E-state index < -0.39 is 54.0 Å². The average molecular weight is 564 g/mol. The highest BCUT2D eigenvalue weighted by molar-refractivity contribution is 5.95. The fourth-order valence-corrected chi connectivity index (χ4v) is 4.29. The van der Waals surface area contributed by atoms with Crippen LogP contribution in [0.5, 0.6) is 11.5 Å². The van der Waals surface area contributed by atoms with Crippen LogP contribution in [-0.2, 0) is 33.5 Å². The monoisotopic (exact) mass is 564 g/mol. The summed E-state index contributed by atoms with van der Waals surface area (Å²) >= 11 is 0. The molecule has 2 aromatic carbocycles. The van der Waals surface area contributed by atoms with E-state index in [9.17, 15) is 35.9 Å². The summed E-state index contributed by atoms with van der Waals surface area (Å²) in [5, 5.41) is 2.43. The summed E-state index contributed by atoms with van der Waals surface area (Å²) < 4.78 is 89.9. The van der Waals surface area contributed by atoms with Gasteiger partial charge < -0.3 is 14.8 Å². The molecule has 0 bridgehead atoms. The first-order chi connectivity index (χ1) is 18.2. The van der Waals surface area contributed by atoms with E-state index in [0.29, 0.717) is 17.7 Å². The molecule has 0 fully saturated rings. The van der Waals surface area contributed by atoms with E-state index >= 15 is 0 Å². The molecule has 0 saturated heterocycles. The van der Waals surface area contributed by atoms with Gasteiger partial charge in [0.05, 0.1) is 43.6 Å². The molecule has 214 valence electrons. The highest BCUT2D eigenvalue weighted by Crippen LogP contribution is 2.45. The number of hydrogen-bond donors (Lipinski definition) is 1. The molecule has 14 heteroatoms. The Morgan fingerprint density at radius 3 is 2.03 bits per heavy atom. The van der Waals surface area contributed by atoms with Gasteiger partial charge in [0.1, 0.15) is 0 Å². The molecule has 0 radical (unpaired) electrons. The van der Waals surface area contributed by atoms with Gasteiger partial charge >= 0.3 is 18.4 Å². The van der Waals surface area contributed by atoms with E-state index in [1.165, 1.54) is 31.3 Å². The third-order valence-electron chi connectivity index (χ3n) is 6.06. The molecule has 2 atom stereocenters.